The molecule has 0 aliphatic heterocycles. The van der Waals surface area contributed by atoms with Gasteiger partial charge in [0, 0.05) is 11.8 Å². The van der Waals surface area contributed by atoms with Crippen molar-refractivity contribution >= 4 is 22.2 Å². The highest BCUT2D eigenvalue weighted by Crippen LogP contribution is 2.35. The van der Waals surface area contributed by atoms with E-state index in [9.17, 15) is 0 Å². The van der Waals surface area contributed by atoms with Crippen molar-refractivity contribution in [2.24, 2.45) is 0 Å². The van der Waals surface area contributed by atoms with Crippen LogP contribution in [0.5, 0.6) is 0 Å². The molecule has 4 heteroatoms. The standard InChI is InChI=1S/C18H19N3S/c1-3-7-16-21-17(14-9-6-8-13(2)12-14)18(22-16)20-15-10-4-5-11-19-15/h4-6,8-12H,3,7H2,1-2H3,(H,19,20). The first-order chi connectivity index (χ1) is 10.8. The second-order valence-corrected chi connectivity index (χ2v) is 6.33. The summed E-state index contributed by atoms with van der Waals surface area (Å²) >= 11 is 1.72. The summed E-state index contributed by atoms with van der Waals surface area (Å²) in [6.07, 6.45) is 3.90. The lowest BCUT2D eigenvalue weighted by Crippen LogP contribution is -1.92. The molecule has 2 aromatic heterocycles. The molecule has 0 atom stereocenters. The number of aromatic nitrogens is 2. The summed E-state index contributed by atoms with van der Waals surface area (Å²) in [5.41, 5.74) is 3.41. The molecule has 3 rings (SSSR count). The number of hydrogen-bond acceptors (Lipinski definition) is 4. The van der Waals surface area contributed by atoms with Gasteiger partial charge >= 0.3 is 0 Å². The van der Waals surface area contributed by atoms with Crippen molar-refractivity contribution in [2.75, 3.05) is 5.32 Å². The van der Waals surface area contributed by atoms with Gasteiger partial charge in [-0.3, -0.25) is 0 Å². The molecule has 0 aliphatic carbocycles. The van der Waals surface area contributed by atoms with Crippen LogP contribution in [0.1, 0.15) is 23.9 Å². The van der Waals surface area contributed by atoms with Crippen LogP contribution in [-0.4, -0.2) is 9.97 Å². The molecule has 22 heavy (non-hydrogen) atoms. The number of nitrogens with zero attached hydrogens (tertiary/aromatic N) is 2. The Labute approximate surface area is 135 Å². The Hall–Kier alpha value is -2.20. The van der Waals surface area contributed by atoms with E-state index in [1.54, 1.807) is 17.5 Å². The monoisotopic (exact) mass is 309 g/mol. The third-order valence-electron chi connectivity index (χ3n) is 3.33. The number of pyridine rings is 1. The zero-order valence-corrected chi connectivity index (χ0v) is 13.7. The highest BCUT2D eigenvalue weighted by molar-refractivity contribution is 7.16. The summed E-state index contributed by atoms with van der Waals surface area (Å²) in [5.74, 6) is 0.850. The first-order valence-corrected chi connectivity index (χ1v) is 8.32. The van der Waals surface area contributed by atoms with Crippen LogP contribution in [0.4, 0.5) is 10.8 Å². The summed E-state index contributed by atoms with van der Waals surface area (Å²) in [7, 11) is 0. The minimum absolute atomic E-state index is 0.850. The molecule has 0 aliphatic rings. The summed E-state index contributed by atoms with van der Waals surface area (Å²) in [6.45, 7) is 4.29. The first kappa shape index (κ1) is 14.7. The Kier molecular flexibility index (Phi) is 4.49. The van der Waals surface area contributed by atoms with Gasteiger partial charge in [0.05, 0.1) is 5.01 Å². The van der Waals surface area contributed by atoms with Gasteiger partial charge in [-0.2, -0.15) is 0 Å². The SMILES string of the molecule is CCCc1nc(-c2cccc(C)c2)c(Nc2ccccn2)s1. The molecule has 3 nitrogen and oxygen atoms in total. The minimum atomic E-state index is 0.850. The highest BCUT2D eigenvalue weighted by Gasteiger charge is 2.13. The van der Waals surface area contributed by atoms with E-state index < -0.39 is 0 Å². The van der Waals surface area contributed by atoms with E-state index in [1.165, 1.54) is 5.56 Å². The molecule has 2 heterocycles. The van der Waals surface area contributed by atoms with Crippen LogP contribution in [0.2, 0.25) is 0 Å². The Morgan fingerprint density at radius 1 is 1.14 bits per heavy atom. The van der Waals surface area contributed by atoms with Crippen LogP contribution < -0.4 is 5.32 Å². The zero-order chi connectivity index (χ0) is 15.4. The van der Waals surface area contributed by atoms with Crippen LogP contribution in [-0.2, 0) is 6.42 Å². The molecule has 1 aromatic carbocycles. The summed E-state index contributed by atoms with van der Waals surface area (Å²) in [6, 6.07) is 14.3. The topological polar surface area (TPSA) is 37.8 Å². The van der Waals surface area contributed by atoms with E-state index in [4.69, 9.17) is 4.98 Å². The zero-order valence-electron chi connectivity index (χ0n) is 12.8. The third-order valence-corrected chi connectivity index (χ3v) is 4.36. The van der Waals surface area contributed by atoms with Gasteiger partial charge in [-0.05, 0) is 38.0 Å². The third kappa shape index (κ3) is 3.34. The van der Waals surface area contributed by atoms with Crippen LogP contribution >= 0.6 is 11.3 Å². The van der Waals surface area contributed by atoms with Crippen LogP contribution in [0.15, 0.2) is 48.7 Å². The van der Waals surface area contributed by atoms with Crippen molar-refractivity contribution in [3.8, 4) is 11.3 Å². The smallest absolute Gasteiger partial charge is 0.130 e. The largest absolute Gasteiger partial charge is 0.330 e. The normalized spacial score (nSPS) is 10.6. The van der Waals surface area contributed by atoms with E-state index in [0.29, 0.717) is 0 Å². The van der Waals surface area contributed by atoms with Crippen LogP contribution in [0, 0.1) is 6.92 Å². The summed E-state index contributed by atoms with van der Waals surface area (Å²) in [4.78, 5) is 9.19. The van der Waals surface area contributed by atoms with Crippen LogP contribution in [0.3, 0.4) is 0 Å². The Morgan fingerprint density at radius 2 is 2.05 bits per heavy atom. The van der Waals surface area contributed by atoms with Gasteiger partial charge in [-0.15, -0.1) is 11.3 Å². The van der Waals surface area contributed by atoms with E-state index in [1.807, 2.05) is 18.2 Å². The lowest BCUT2D eigenvalue weighted by atomic mass is 10.1. The number of aryl methyl sites for hydroxylation is 2. The number of benzene rings is 1. The summed E-state index contributed by atoms with van der Waals surface area (Å²) in [5, 5.41) is 5.64. The van der Waals surface area contributed by atoms with Crippen LogP contribution in [0.25, 0.3) is 11.3 Å². The molecule has 112 valence electrons. The highest BCUT2D eigenvalue weighted by atomic mass is 32.1. The second-order valence-electron chi connectivity index (χ2n) is 5.24. The number of hydrogen-bond donors (Lipinski definition) is 1. The number of rotatable bonds is 5. The number of thiazole rings is 1. The molecule has 3 aromatic rings. The predicted molar refractivity (Wildman–Crippen MR) is 93.8 cm³/mol. The lowest BCUT2D eigenvalue weighted by Gasteiger charge is -2.05. The van der Waals surface area contributed by atoms with E-state index in [0.717, 1.165) is 39.9 Å². The summed E-state index contributed by atoms with van der Waals surface area (Å²) < 4.78 is 0. The van der Waals surface area contributed by atoms with E-state index in [-0.39, 0.29) is 0 Å². The van der Waals surface area contributed by atoms with Gasteiger partial charge in [0.1, 0.15) is 16.5 Å². The lowest BCUT2D eigenvalue weighted by molar-refractivity contribution is 0.910. The number of nitrogens with one attached hydrogen (secondary N) is 1. The van der Waals surface area contributed by atoms with Gasteiger partial charge < -0.3 is 5.32 Å². The fourth-order valence-electron chi connectivity index (χ4n) is 2.31. The molecule has 0 bridgehead atoms. The molecule has 0 unspecified atom stereocenters. The molecular weight excluding hydrogens is 290 g/mol. The van der Waals surface area contributed by atoms with Crippen molar-refractivity contribution in [3.63, 3.8) is 0 Å². The van der Waals surface area contributed by atoms with Gasteiger partial charge in [-0.1, -0.05) is 36.8 Å². The van der Waals surface area contributed by atoms with Crippen molar-refractivity contribution in [3.05, 3.63) is 59.2 Å². The van der Waals surface area contributed by atoms with Crippen molar-refractivity contribution in [1.82, 2.24) is 9.97 Å². The van der Waals surface area contributed by atoms with Crippen molar-refractivity contribution in [2.45, 2.75) is 26.7 Å². The van der Waals surface area contributed by atoms with Gasteiger partial charge in [0.15, 0.2) is 0 Å². The molecule has 0 amide bonds. The number of anilines is 2. The molecule has 0 radical (unpaired) electrons. The van der Waals surface area contributed by atoms with Gasteiger partial charge in [0.2, 0.25) is 0 Å². The minimum Gasteiger partial charge on any atom is -0.330 e. The maximum atomic E-state index is 4.84. The van der Waals surface area contributed by atoms with Crippen molar-refractivity contribution < 1.29 is 0 Å². The van der Waals surface area contributed by atoms with Crippen molar-refractivity contribution in [1.29, 1.82) is 0 Å². The quantitative estimate of drug-likeness (QED) is 0.703. The fraction of sp³-hybridized carbons (Fsp3) is 0.222. The molecule has 0 spiro atoms. The van der Waals surface area contributed by atoms with Gasteiger partial charge in [0.25, 0.3) is 0 Å². The Balaban J connectivity index is 2.00. The van der Waals surface area contributed by atoms with Gasteiger partial charge in [-0.25, -0.2) is 9.97 Å². The molecule has 1 N–H and O–H groups in total. The maximum absolute atomic E-state index is 4.84. The van der Waals surface area contributed by atoms with E-state index in [2.05, 4.69) is 48.4 Å². The fourth-order valence-corrected chi connectivity index (χ4v) is 3.41. The van der Waals surface area contributed by atoms with E-state index >= 15 is 0 Å². The molecule has 0 saturated heterocycles. The average molecular weight is 309 g/mol. The maximum Gasteiger partial charge on any atom is 0.130 e. The first-order valence-electron chi connectivity index (χ1n) is 7.51. The molecule has 0 saturated carbocycles. The predicted octanol–water partition coefficient (Wildman–Crippen LogP) is 5.21. The Morgan fingerprint density at radius 3 is 2.77 bits per heavy atom. The average Bonchev–Trinajstić information content (AvgIpc) is 2.91. The second kappa shape index (κ2) is 6.71. The molecule has 0 fully saturated rings. The molecular formula is C18H19N3S. The Bertz CT molecular complexity index is 750.